The molecule has 3 aromatic rings. The molecular weight excluding hydrogens is 452 g/mol. The molecule has 1 saturated carbocycles. The molecule has 2 N–H and O–H groups in total. The number of carbonyl (C=O) groups excluding carboxylic acids is 2. The highest BCUT2D eigenvalue weighted by Gasteiger charge is 2.37. The number of carbonyl (C=O) groups is 2. The van der Waals surface area contributed by atoms with Crippen LogP contribution < -0.4 is 10.9 Å². The summed E-state index contributed by atoms with van der Waals surface area (Å²) < 4.78 is 0. The summed E-state index contributed by atoms with van der Waals surface area (Å²) in [5.74, 6) is 0.666. The van der Waals surface area contributed by atoms with E-state index in [2.05, 4.69) is 27.4 Å². The number of likely N-dealkylation sites (tertiary alicyclic amines) is 1. The Hall–Kier alpha value is -3.48. The molecule has 3 aliphatic rings. The molecule has 6 rings (SSSR count). The summed E-state index contributed by atoms with van der Waals surface area (Å²) in [7, 11) is 0. The first-order chi connectivity index (χ1) is 17.5. The van der Waals surface area contributed by atoms with E-state index in [0.717, 1.165) is 57.2 Å². The third-order valence-corrected chi connectivity index (χ3v) is 8.40. The number of aryl methyl sites for hydroxylation is 2. The lowest BCUT2D eigenvalue weighted by Gasteiger charge is -2.43. The molecule has 1 aromatic heterocycles. The molecular formula is C29H32N4O3. The van der Waals surface area contributed by atoms with E-state index in [4.69, 9.17) is 0 Å². The van der Waals surface area contributed by atoms with Crippen LogP contribution in [-0.2, 0) is 12.8 Å². The first kappa shape index (κ1) is 23.0. The number of amides is 2. The maximum atomic E-state index is 13.3. The number of H-pyrrole nitrogens is 1. The summed E-state index contributed by atoms with van der Waals surface area (Å²) in [4.78, 5) is 47.7. The van der Waals surface area contributed by atoms with Gasteiger partial charge in [0, 0.05) is 24.7 Å². The van der Waals surface area contributed by atoms with Gasteiger partial charge < -0.3 is 15.2 Å². The lowest BCUT2D eigenvalue weighted by molar-refractivity contribution is 0.0478. The first-order valence-corrected chi connectivity index (χ1v) is 13.3. The van der Waals surface area contributed by atoms with Crippen molar-refractivity contribution in [1.29, 1.82) is 0 Å². The fraction of sp³-hybridized carbons (Fsp3) is 0.448. The van der Waals surface area contributed by atoms with Crippen molar-refractivity contribution in [2.75, 3.05) is 13.1 Å². The number of para-hydroxylation sites is 2. The smallest absolute Gasteiger partial charge is 0.280 e. The second kappa shape index (κ2) is 9.52. The maximum Gasteiger partial charge on any atom is 0.280 e. The maximum absolute atomic E-state index is 13.3. The number of fused-ring (bicyclic) bond motifs is 3. The lowest BCUT2D eigenvalue weighted by Crippen LogP contribution is -2.49. The van der Waals surface area contributed by atoms with E-state index in [1.54, 1.807) is 12.1 Å². The van der Waals surface area contributed by atoms with Gasteiger partial charge in [-0.05, 0) is 98.6 Å². The van der Waals surface area contributed by atoms with Gasteiger partial charge in [0.1, 0.15) is 0 Å². The standard InChI is InChI=1S/C29H32N4O3/c34-27(26-28(35)32-25-8-4-3-7-24(25)31-26)30-23-12-11-22-17-33(14-13-20(22)16-23)29(36)21-10-9-18-5-1-2-6-19(18)15-21/h3-4,7-10,15,20,22-23H,1-2,5-6,11-14,16-17H2,(H,30,34)(H,32,35). The van der Waals surface area contributed by atoms with Crippen molar-refractivity contribution in [2.24, 2.45) is 11.8 Å². The number of rotatable bonds is 3. The summed E-state index contributed by atoms with van der Waals surface area (Å²) >= 11 is 0. The van der Waals surface area contributed by atoms with Gasteiger partial charge in [0.2, 0.25) is 0 Å². The molecule has 7 heteroatoms. The number of aromatic nitrogens is 2. The molecule has 2 aliphatic carbocycles. The van der Waals surface area contributed by atoms with Crippen molar-refractivity contribution in [3.63, 3.8) is 0 Å². The fourth-order valence-electron chi connectivity index (χ4n) is 6.42. The van der Waals surface area contributed by atoms with E-state index in [-0.39, 0.29) is 17.6 Å². The van der Waals surface area contributed by atoms with Crippen molar-refractivity contribution in [1.82, 2.24) is 20.2 Å². The third-order valence-electron chi connectivity index (χ3n) is 8.40. The van der Waals surface area contributed by atoms with Gasteiger partial charge in [-0.3, -0.25) is 14.4 Å². The first-order valence-electron chi connectivity index (χ1n) is 13.3. The molecule has 3 unspecified atom stereocenters. The Kier molecular flexibility index (Phi) is 6.07. The van der Waals surface area contributed by atoms with Crippen LogP contribution in [0.2, 0.25) is 0 Å². The van der Waals surface area contributed by atoms with E-state index >= 15 is 0 Å². The molecule has 0 spiro atoms. The van der Waals surface area contributed by atoms with E-state index < -0.39 is 11.5 Å². The van der Waals surface area contributed by atoms with Crippen LogP contribution in [0, 0.1) is 11.8 Å². The molecule has 2 amide bonds. The molecule has 2 heterocycles. The summed E-state index contributed by atoms with van der Waals surface area (Å²) in [5, 5.41) is 3.06. The average molecular weight is 485 g/mol. The minimum Gasteiger partial charge on any atom is -0.348 e. The summed E-state index contributed by atoms with van der Waals surface area (Å²) in [6, 6.07) is 13.5. The van der Waals surface area contributed by atoms with Crippen LogP contribution in [0.5, 0.6) is 0 Å². The lowest BCUT2D eigenvalue weighted by atomic mass is 9.73. The Morgan fingerprint density at radius 1 is 0.972 bits per heavy atom. The summed E-state index contributed by atoms with van der Waals surface area (Å²) in [5.41, 5.74) is 4.24. The highest BCUT2D eigenvalue weighted by molar-refractivity contribution is 5.95. The minimum atomic E-state index is -0.464. The number of benzene rings is 2. The van der Waals surface area contributed by atoms with Gasteiger partial charge in [0.25, 0.3) is 17.4 Å². The van der Waals surface area contributed by atoms with Gasteiger partial charge in [-0.2, -0.15) is 0 Å². The van der Waals surface area contributed by atoms with Gasteiger partial charge in [-0.15, -0.1) is 0 Å². The largest absolute Gasteiger partial charge is 0.348 e. The zero-order chi connectivity index (χ0) is 24.6. The number of nitrogens with zero attached hydrogens (tertiary/aromatic N) is 2. The van der Waals surface area contributed by atoms with Crippen molar-refractivity contribution >= 4 is 22.8 Å². The van der Waals surface area contributed by atoms with Crippen molar-refractivity contribution < 1.29 is 9.59 Å². The Balaban J connectivity index is 1.08. The summed E-state index contributed by atoms with van der Waals surface area (Å²) in [6.45, 7) is 1.54. The van der Waals surface area contributed by atoms with Crippen LogP contribution in [0.1, 0.15) is 70.5 Å². The fourth-order valence-corrected chi connectivity index (χ4v) is 6.42. The SMILES string of the molecule is O=C(NC1CCC2CN(C(=O)c3ccc4c(c3)CCCC4)CCC2C1)c1nc2ccccc2[nH]c1=O. The second-order valence-electron chi connectivity index (χ2n) is 10.7. The number of hydrogen-bond acceptors (Lipinski definition) is 4. The molecule has 0 radical (unpaired) electrons. The average Bonchev–Trinajstić information content (AvgIpc) is 2.91. The van der Waals surface area contributed by atoms with Gasteiger partial charge in [-0.25, -0.2) is 4.98 Å². The van der Waals surface area contributed by atoms with Crippen molar-refractivity contribution in [3.05, 3.63) is 75.2 Å². The van der Waals surface area contributed by atoms with Crippen LogP contribution in [0.3, 0.4) is 0 Å². The van der Waals surface area contributed by atoms with Crippen molar-refractivity contribution in [2.45, 2.75) is 57.4 Å². The van der Waals surface area contributed by atoms with E-state index in [1.165, 1.54) is 24.0 Å². The topological polar surface area (TPSA) is 95.2 Å². The second-order valence-corrected chi connectivity index (χ2v) is 10.7. The van der Waals surface area contributed by atoms with Crippen LogP contribution >= 0.6 is 0 Å². The Morgan fingerprint density at radius 3 is 2.69 bits per heavy atom. The summed E-state index contributed by atoms with van der Waals surface area (Å²) in [6.07, 6.45) is 8.29. The van der Waals surface area contributed by atoms with Gasteiger partial charge in [-0.1, -0.05) is 18.2 Å². The minimum absolute atomic E-state index is 0.0225. The molecule has 7 nitrogen and oxygen atoms in total. The number of nitrogens with one attached hydrogen (secondary N) is 2. The molecule has 3 atom stereocenters. The highest BCUT2D eigenvalue weighted by atomic mass is 16.2. The van der Waals surface area contributed by atoms with Gasteiger partial charge in [0.15, 0.2) is 5.69 Å². The molecule has 2 fully saturated rings. The quantitative estimate of drug-likeness (QED) is 0.590. The molecule has 186 valence electrons. The van der Waals surface area contributed by atoms with Crippen LogP contribution in [-0.4, -0.2) is 45.8 Å². The molecule has 1 saturated heterocycles. The Bertz CT molecular complexity index is 1380. The zero-order valence-corrected chi connectivity index (χ0v) is 20.5. The molecule has 36 heavy (non-hydrogen) atoms. The normalized spacial score (nSPS) is 23.6. The van der Waals surface area contributed by atoms with E-state index in [1.807, 2.05) is 23.1 Å². The third kappa shape index (κ3) is 4.43. The van der Waals surface area contributed by atoms with Crippen LogP contribution in [0.15, 0.2) is 47.3 Å². The predicted octanol–water partition coefficient (Wildman–Crippen LogP) is 3.86. The zero-order valence-electron chi connectivity index (χ0n) is 20.5. The Morgan fingerprint density at radius 2 is 1.81 bits per heavy atom. The Labute approximate surface area is 210 Å². The van der Waals surface area contributed by atoms with Crippen LogP contribution in [0.4, 0.5) is 0 Å². The number of piperidine rings is 1. The van der Waals surface area contributed by atoms with Gasteiger partial charge in [0.05, 0.1) is 11.0 Å². The monoisotopic (exact) mass is 484 g/mol. The van der Waals surface area contributed by atoms with Crippen LogP contribution in [0.25, 0.3) is 11.0 Å². The van der Waals surface area contributed by atoms with E-state index in [9.17, 15) is 14.4 Å². The van der Waals surface area contributed by atoms with Crippen molar-refractivity contribution in [3.8, 4) is 0 Å². The van der Waals surface area contributed by atoms with E-state index in [0.29, 0.717) is 22.9 Å². The highest BCUT2D eigenvalue weighted by Crippen LogP contribution is 2.37. The molecule has 1 aliphatic heterocycles. The predicted molar refractivity (Wildman–Crippen MR) is 138 cm³/mol. The van der Waals surface area contributed by atoms with Gasteiger partial charge >= 0.3 is 0 Å². The number of aromatic amines is 1. The molecule has 2 aromatic carbocycles. The molecule has 0 bridgehead atoms. The number of hydrogen-bond donors (Lipinski definition) is 2.